The van der Waals surface area contributed by atoms with Crippen molar-refractivity contribution < 1.29 is 18.5 Å². The monoisotopic (exact) mass is 279 g/mol. The van der Waals surface area contributed by atoms with Crippen molar-refractivity contribution in [2.45, 2.75) is 9.79 Å². The summed E-state index contributed by atoms with van der Waals surface area (Å²) in [4.78, 5) is 11.1. The molecule has 1 unspecified atom stereocenters. The van der Waals surface area contributed by atoms with Crippen LogP contribution >= 0.6 is 0 Å². The minimum Gasteiger partial charge on any atom is -0.478 e. The van der Waals surface area contributed by atoms with Crippen LogP contribution in [0, 0.1) is 10.6 Å². The maximum atomic E-state index is 12.8. The van der Waals surface area contributed by atoms with Crippen molar-refractivity contribution in [3.8, 4) is 0 Å². The van der Waals surface area contributed by atoms with Crippen molar-refractivity contribution in [2.24, 2.45) is 0 Å². The molecule has 0 fully saturated rings. The van der Waals surface area contributed by atoms with E-state index in [1.54, 1.807) is 0 Å². The number of carboxylic acid groups (broad SMARTS) is 1. The number of halogens is 1. The van der Waals surface area contributed by atoms with Gasteiger partial charge in [0.2, 0.25) is 0 Å². The Balaban J connectivity index is 2.44. The van der Waals surface area contributed by atoms with Gasteiger partial charge in [-0.1, -0.05) is 0 Å². The first-order chi connectivity index (χ1) is 8.91. The summed E-state index contributed by atoms with van der Waals surface area (Å²) < 4.78 is 33.1. The fourth-order valence-corrected chi connectivity index (χ4v) is 2.86. The van der Waals surface area contributed by atoms with E-state index in [9.17, 15) is 13.4 Å². The van der Waals surface area contributed by atoms with Crippen LogP contribution in [0.4, 0.5) is 4.39 Å². The first kappa shape index (κ1) is 13.2. The smallest absolute Gasteiger partial charge is 0.335 e. The summed E-state index contributed by atoms with van der Waals surface area (Å²) in [6.07, 6.45) is 0. The highest BCUT2D eigenvalue weighted by Crippen LogP contribution is 2.22. The molecule has 0 saturated carbocycles. The number of hydrogen-bond acceptors (Lipinski definition) is 3. The van der Waals surface area contributed by atoms with Crippen molar-refractivity contribution in [3.05, 3.63) is 59.9 Å². The lowest BCUT2D eigenvalue weighted by molar-refractivity contribution is 0.0697. The van der Waals surface area contributed by atoms with Gasteiger partial charge in [0.1, 0.15) is 15.5 Å². The van der Waals surface area contributed by atoms with Gasteiger partial charge in [-0.25, -0.2) is 18.2 Å². The zero-order valence-corrected chi connectivity index (χ0v) is 10.5. The number of carbonyl (C=O) groups is 1. The van der Waals surface area contributed by atoms with Crippen LogP contribution in [0.1, 0.15) is 10.4 Å². The van der Waals surface area contributed by atoms with E-state index in [0.29, 0.717) is 0 Å². The van der Waals surface area contributed by atoms with Crippen LogP contribution < -0.4 is 0 Å². The molecule has 0 heterocycles. The molecule has 0 bridgehead atoms. The second-order valence-corrected chi connectivity index (χ2v) is 5.89. The van der Waals surface area contributed by atoms with Crippen molar-refractivity contribution in [2.75, 3.05) is 0 Å². The molecule has 0 radical (unpaired) electrons. The van der Waals surface area contributed by atoms with Gasteiger partial charge in [-0.05, 0) is 48.5 Å². The molecule has 0 aromatic heterocycles. The van der Waals surface area contributed by atoms with E-state index < -0.39 is 21.5 Å². The van der Waals surface area contributed by atoms with Crippen LogP contribution in [0.15, 0.2) is 58.3 Å². The largest absolute Gasteiger partial charge is 0.478 e. The SMILES string of the molecule is N=S(=O)(c1ccc(F)cc1)c1ccc(C(=O)O)cc1. The molecule has 2 aromatic carbocycles. The average molecular weight is 279 g/mol. The average Bonchev–Trinajstić information content (AvgIpc) is 2.39. The molecule has 0 aliphatic rings. The van der Waals surface area contributed by atoms with Gasteiger partial charge in [0, 0.05) is 0 Å². The maximum Gasteiger partial charge on any atom is 0.335 e. The lowest BCUT2D eigenvalue weighted by atomic mass is 10.2. The molecule has 0 amide bonds. The van der Waals surface area contributed by atoms with Gasteiger partial charge in [-0.2, -0.15) is 0 Å². The Morgan fingerprint density at radius 1 is 1.00 bits per heavy atom. The van der Waals surface area contributed by atoms with Gasteiger partial charge < -0.3 is 5.11 Å². The summed E-state index contributed by atoms with van der Waals surface area (Å²) in [7, 11) is -3.26. The number of rotatable bonds is 3. The molecule has 98 valence electrons. The Morgan fingerprint density at radius 2 is 1.42 bits per heavy atom. The van der Waals surface area contributed by atoms with Gasteiger partial charge in [0.15, 0.2) is 0 Å². The van der Waals surface area contributed by atoms with Gasteiger partial charge in [0.25, 0.3) is 0 Å². The fourth-order valence-electron chi connectivity index (χ4n) is 1.55. The third-order valence-electron chi connectivity index (χ3n) is 2.58. The normalized spacial score (nSPS) is 13.7. The van der Waals surface area contributed by atoms with Crippen LogP contribution in [-0.2, 0) is 9.73 Å². The summed E-state index contributed by atoms with van der Waals surface area (Å²) in [5, 5.41) is 8.77. The number of hydrogen-bond donors (Lipinski definition) is 2. The third kappa shape index (κ3) is 2.63. The maximum absolute atomic E-state index is 12.8. The molecular weight excluding hydrogens is 269 g/mol. The minimum atomic E-state index is -3.26. The topological polar surface area (TPSA) is 78.2 Å². The number of benzene rings is 2. The summed E-state index contributed by atoms with van der Waals surface area (Å²) in [6, 6.07) is 10.1. The van der Waals surface area contributed by atoms with Crippen molar-refractivity contribution in [1.29, 1.82) is 4.78 Å². The van der Waals surface area contributed by atoms with Gasteiger partial charge in [0.05, 0.1) is 15.4 Å². The molecule has 6 heteroatoms. The van der Waals surface area contributed by atoms with E-state index in [1.807, 2.05) is 0 Å². The third-order valence-corrected chi connectivity index (χ3v) is 4.45. The minimum absolute atomic E-state index is 0.0538. The molecule has 0 saturated heterocycles. The standard InChI is InChI=1S/C13H10FNO3S/c14-10-3-7-12(8-4-10)19(15,18)11-5-1-9(2-6-11)13(16)17/h1-8,15H,(H,16,17). The first-order valence-electron chi connectivity index (χ1n) is 5.29. The van der Waals surface area contributed by atoms with Crippen molar-refractivity contribution >= 4 is 15.7 Å². The van der Waals surface area contributed by atoms with Crippen LogP contribution in [-0.4, -0.2) is 15.3 Å². The summed E-state index contributed by atoms with van der Waals surface area (Å²) in [5.74, 6) is -1.56. The molecule has 4 nitrogen and oxygen atoms in total. The Labute approximate surface area is 109 Å². The van der Waals surface area contributed by atoms with Crippen LogP contribution in [0.2, 0.25) is 0 Å². The second-order valence-electron chi connectivity index (χ2n) is 3.84. The quantitative estimate of drug-likeness (QED) is 0.906. The zero-order chi connectivity index (χ0) is 14.0. The lowest BCUT2D eigenvalue weighted by Gasteiger charge is -2.08. The highest BCUT2D eigenvalue weighted by atomic mass is 32.2. The van der Waals surface area contributed by atoms with Crippen LogP contribution in [0.5, 0.6) is 0 Å². The molecule has 2 rings (SSSR count). The van der Waals surface area contributed by atoms with E-state index in [2.05, 4.69) is 0 Å². The predicted molar refractivity (Wildman–Crippen MR) is 67.2 cm³/mol. The van der Waals surface area contributed by atoms with E-state index in [4.69, 9.17) is 9.89 Å². The second kappa shape index (κ2) is 4.81. The van der Waals surface area contributed by atoms with E-state index in [-0.39, 0.29) is 15.4 Å². The highest BCUT2D eigenvalue weighted by Gasteiger charge is 2.14. The molecule has 0 spiro atoms. The Kier molecular flexibility index (Phi) is 3.35. The van der Waals surface area contributed by atoms with Gasteiger partial charge in [-0.15, -0.1) is 0 Å². The van der Waals surface area contributed by atoms with E-state index >= 15 is 0 Å². The van der Waals surface area contributed by atoms with E-state index in [1.165, 1.54) is 36.4 Å². The van der Waals surface area contributed by atoms with Crippen molar-refractivity contribution in [3.63, 3.8) is 0 Å². The summed E-state index contributed by atoms with van der Waals surface area (Å²) in [5.41, 5.74) is 0.0538. The molecule has 19 heavy (non-hydrogen) atoms. The molecule has 2 aromatic rings. The van der Waals surface area contributed by atoms with Gasteiger partial charge >= 0.3 is 5.97 Å². The Bertz CT molecular complexity index is 707. The van der Waals surface area contributed by atoms with Gasteiger partial charge in [-0.3, -0.25) is 0 Å². The van der Waals surface area contributed by atoms with Crippen molar-refractivity contribution in [1.82, 2.24) is 0 Å². The number of nitrogens with one attached hydrogen (secondary N) is 1. The first-order valence-corrected chi connectivity index (χ1v) is 6.85. The van der Waals surface area contributed by atoms with E-state index in [0.717, 1.165) is 12.1 Å². The Morgan fingerprint density at radius 3 is 1.84 bits per heavy atom. The molecule has 0 aliphatic heterocycles. The van der Waals surface area contributed by atoms with Crippen LogP contribution in [0.3, 0.4) is 0 Å². The highest BCUT2D eigenvalue weighted by molar-refractivity contribution is 7.92. The van der Waals surface area contributed by atoms with Crippen LogP contribution in [0.25, 0.3) is 0 Å². The predicted octanol–water partition coefficient (Wildman–Crippen LogP) is 2.99. The lowest BCUT2D eigenvalue weighted by Crippen LogP contribution is -2.02. The molecule has 0 aliphatic carbocycles. The zero-order valence-electron chi connectivity index (χ0n) is 9.67. The number of aromatic carboxylic acids is 1. The molecular formula is C13H10FNO3S. The Hall–Kier alpha value is -2.21. The molecule has 2 N–H and O–H groups in total. The number of carboxylic acids is 1. The summed E-state index contributed by atoms with van der Waals surface area (Å²) >= 11 is 0. The summed E-state index contributed by atoms with van der Waals surface area (Å²) in [6.45, 7) is 0. The fraction of sp³-hybridized carbons (Fsp3) is 0. The molecule has 1 atom stereocenters.